The lowest BCUT2D eigenvalue weighted by Crippen LogP contribution is -2.37. The minimum absolute atomic E-state index is 0.124. The van der Waals surface area contributed by atoms with Gasteiger partial charge in [0.2, 0.25) is 0 Å². The van der Waals surface area contributed by atoms with Crippen LogP contribution in [0.25, 0.3) is 5.57 Å². The number of rotatable bonds is 3. The highest BCUT2D eigenvalue weighted by atomic mass is 35.5. The third kappa shape index (κ3) is 3.20. The van der Waals surface area contributed by atoms with Crippen LogP contribution in [0.5, 0.6) is 0 Å². The number of carbonyl (C=O) groups is 2. The summed E-state index contributed by atoms with van der Waals surface area (Å²) in [6, 6.07) is 11.5. The van der Waals surface area contributed by atoms with Crippen molar-refractivity contribution < 1.29 is 14.0 Å². The molecule has 6 heteroatoms. The Labute approximate surface area is 168 Å². The van der Waals surface area contributed by atoms with Crippen LogP contribution in [0.1, 0.15) is 30.4 Å². The number of carbonyl (C=O) groups excluding carboxylic acids is 2. The number of hydrogen-bond donors (Lipinski definition) is 0. The molecule has 2 aromatic rings. The van der Waals surface area contributed by atoms with Gasteiger partial charge < -0.3 is 4.90 Å². The van der Waals surface area contributed by atoms with Gasteiger partial charge in [-0.3, -0.25) is 9.59 Å². The van der Waals surface area contributed by atoms with E-state index in [9.17, 15) is 14.0 Å². The monoisotopic (exact) mass is 398 g/mol. The van der Waals surface area contributed by atoms with Crippen LogP contribution in [0.2, 0.25) is 5.02 Å². The molecule has 0 bridgehead atoms. The van der Waals surface area contributed by atoms with E-state index >= 15 is 0 Å². The van der Waals surface area contributed by atoms with Gasteiger partial charge in [0.05, 0.1) is 16.3 Å². The van der Waals surface area contributed by atoms with Crippen molar-refractivity contribution in [3.8, 4) is 0 Å². The van der Waals surface area contributed by atoms with Crippen LogP contribution in [0.3, 0.4) is 0 Å². The number of benzene rings is 2. The molecular formula is C22H20ClFN2O2. The van der Waals surface area contributed by atoms with Gasteiger partial charge in [-0.05, 0) is 49.9 Å². The molecule has 0 spiro atoms. The quantitative estimate of drug-likeness (QED) is 0.712. The Balaban J connectivity index is 1.82. The van der Waals surface area contributed by atoms with Crippen LogP contribution in [0.4, 0.5) is 10.1 Å². The summed E-state index contributed by atoms with van der Waals surface area (Å²) in [5.74, 6) is -1.38. The molecule has 2 aromatic carbocycles. The van der Waals surface area contributed by atoms with Gasteiger partial charge in [-0.15, -0.1) is 0 Å². The molecule has 1 fully saturated rings. The summed E-state index contributed by atoms with van der Waals surface area (Å²) in [6.07, 6.45) is 3.08. The first-order valence-electron chi connectivity index (χ1n) is 9.37. The number of piperidine rings is 1. The van der Waals surface area contributed by atoms with E-state index in [2.05, 4.69) is 0 Å². The first kappa shape index (κ1) is 18.7. The maximum Gasteiger partial charge on any atom is 0.282 e. The second kappa shape index (κ2) is 7.40. The lowest BCUT2D eigenvalue weighted by Gasteiger charge is -2.29. The van der Waals surface area contributed by atoms with Crippen molar-refractivity contribution in [2.24, 2.45) is 0 Å². The normalized spacial score (nSPS) is 17.7. The predicted octanol–water partition coefficient (Wildman–Crippen LogP) is 4.56. The Hall–Kier alpha value is -2.66. The summed E-state index contributed by atoms with van der Waals surface area (Å²) in [5, 5.41) is -0.124. The molecule has 0 aliphatic carbocycles. The van der Waals surface area contributed by atoms with Crippen LogP contribution in [-0.2, 0) is 9.59 Å². The van der Waals surface area contributed by atoms with E-state index in [1.54, 1.807) is 0 Å². The zero-order valence-corrected chi connectivity index (χ0v) is 16.3. The highest BCUT2D eigenvalue weighted by molar-refractivity contribution is 6.45. The maximum atomic E-state index is 13.6. The molecular weight excluding hydrogens is 379 g/mol. The van der Waals surface area contributed by atoms with E-state index in [4.69, 9.17) is 11.6 Å². The molecule has 2 amide bonds. The average molecular weight is 399 g/mol. The molecule has 4 nitrogen and oxygen atoms in total. The standard InChI is InChI=1S/C22H20ClFN2O2/c1-14-5-7-15(8-6-14)19-20(25-11-3-2-4-12-25)22(28)26(21(19)27)16-9-10-18(24)17(23)13-16/h5-10,13H,2-4,11-12H2,1H3. The van der Waals surface area contributed by atoms with Crippen molar-refractivity contribution in [3.63, 3.8) is 0 Å². The molecule has 0 saturated carbocycles. The van der Waals surface area contributed by atoms with E-state index in [-0.39, 0.29) is 16.6 Å². The largest absolute Gasteiger partial charge is 0.366 e. The van der Waals surface area contributed by atoms with Crippen molar-refractivity contribution in [2.45, 2.75) is 26.2 Å². The molecule has 0 unspecified atom stereocenters. The summed E-state index contributed by atoms with van der Waals surface area (Å²) in [4.78, 5) is 29.8. The fourth-order valence-electron chi connectivity index (χ4n) is 3.77. The predicted molar refractivity (Wildman–Crippen MR) is 107 cm³/mol. The Bertz CT molecular complexity index is 979. The zero-order chi connectivity index (χ0) is 19.8. The van der Waals surface area contributed by atoms with Crippen molar-refractivity contribution in [1.29, 1.82) is 0 Å². The molecule has 2 heterocycles. The number of likely N-dealkylation sites (tertiary alicyclic amines) is 1. The van der Waals surface area contributed by atoms with E-state index in [1.807, 2.05) is 36.1 Å². The molecule has 4 rings (SSSR count). The summed E-state index contributed by atoms with van der Waals surface area (Å²) >= 11 is 5.90. The number of anilines is 1. The Kier molecular flexibility index (Phi) is 4.94. The molecule has 2 aliphatic heterocycles. The van der Waals surface area contributed by atoms with Crippen LogP contribution < -0.4 is 4.90 Å². The summed E-state index contributed by atoms with van der Waals surface area (Å²) in [5.41, 5.74) is 2.88. The lowest BCUT2D eigenvalue weighted by atomic mass is 10.0. The van der Waals surface area contributed by atoms with Gasteiger partial charge in [0.25, 0.3) is 11.8 Å². The number of nitrogens with zero attached hydrogens (tertiary/aromatic N) is 2. The highest BCUT2D eigenvalue weighted by Crippen LogP contribution is 2.36. The third-order valence-corrected chi connectivity index (χ3v) is 5.52. The van der Waals surface area contributed by atoms with Crippen molar-refractivity contribution in [1.82, 2.24) is 4.90 Å². The first-order chi connectivity index (χ1) is 13.5. The Morgan fingerprint density at radius 1 is 0.929 bits per heavy atom. The molecule has 0 aromatic heterocycles. The molecule has 144 valence electrons. The van der Waals surface area contributed by atoms with Gasteiger partial charge in [0.15, 0.2) is 0 Å². The summed E-state index contributed by atoms with van der Waals surface area (Å²) < 4.78 is 13.6. The van der Waals surface area contributed by atoms with Gasteiger partial charge in [-0.2, -0.15) is 0 Å². The van der Waals surface area contributed by atoms with Gasteiger partial charge in [-0.1, -0.05) is 41.4 Å². The Morgan fingerprint density at radius 2 is 1.61 bits per heavy atom. The van der Waals surface area contributed by atoms with Crippen molar-refractivity contribution >= 4 is 34.7 Å². The van der Waals surface area contributed by atoms with Crippen molar-refractivity contribution in [3.05, 3.63) is 70.1 Å². The van der Waals surface area contributed by atoms with Crippen LogP contribution in [0.15, 0.2) is 48.2 Å². The number of halogens is 2. The average Bonchev–Trinajstić information content (AvgIpc) is 2.96. The summed E-state index contributed by atoms with van der Waals surface area (Å²) in [7, 11) is 0. The van der Waals surface area contributed by atoms with Crippen LogP contribution in [0, 0.1) is 12.7 Å². The van der Waals surface area contributed by atoms with E-state index in [0.29, 0.717) is 16.8 Å². The molecule has 2 aliphatic rings. The van der Waals surface area contributed by atoms with Crippen LogP contribution >= 0.6 is 11.6 Å². The number of hydrogen-bond acceptors (Lipinski definition) is 3. The minimum Gasteiger partial charge on any atom is -0.366 e. The maximum absolute atomic E-state index is 13.6. The Morgan fingerprint density at radius 3 is 2.25 bits per heavy atom. The SMILES string of the molecule is Cc1ccc(C2=C(N3CCCCC3)C(=O)N(c3ccc(F)c(Cl)c3)C2=O)cc1. The van der Waals surface area contributed by atoms with Gasteiger partial charge in [0.1, 0.15) is 11.5 Å². The smallest absolute Gasteiger partial charge is 0.282 e. The second-order valence-corrected chi connectivity index (χ2v) is 7.59. The van der Waals surface area contributed by atoms with Gasteiger partial charge in [-0.25, -0.2) is 9.29 Å². The number of aryl methyl sites for hydroxylation is 1. The van der Waals surface area contributed by atoms with Gasteiger partial charge in [0, 0.05) is 13.1 Å². The topological polar surface area (TPSA) is 40.6 Å². The molecule has 0 atom stereocenters. The van der Waals surface area contributed by atoms with E-state index < -0.39 is 11.7 Å². The second-order valence-electron chi connectivity index (χ2n) is 7.18. The van der Waals surface area contributed by atoms with Crippen molar-refractivity contribution in [2.75, 3.05) is 18.0 Å². The zero-order valence-electron chi connectivity index (χ0n) is 15.5. The minimum atomic E-state index is -0.590. The molecule has 0 N–H and O–H groups in total. The van der Waals surface area contributed by atoms with E-state index in [1.165, 1.54) is 18.2 Å². The fraction of sp³-hybridized carbons (Fsp3) is 0.273. The fourth-order valence-corrected chi connectivity index (χ4v) is 3.94. The summed E-state index contributed by atoms with van der Waals surface area (Å²) in [6.45, 7) is 3.45. The van der Waals surface area contributed by atoms with Gasteiger partial charge >= 0.3 is 0 Å². The van der Waals surface area contributed by atoms with E-state index in [0.717, 1.165) is 42.8 Å². The number of imide groups is 1. The third-order valence-electron chi connectivity index (χ3n) is 5.23. The number of amides is 2. The molecule has 28 heavy (non-hydrogen) atoms. The highest BCUT2D eigenvalue weighted by Gasteiger charge is 2.42. The first-order valence-corrected chi connectivity index (χ1v) is 9.75. The molecule has 1 saturated heterocycles. The van der Waals surface area contributed by atoms with Crippen LogP contribution in [-0.4, -0.2) is 29.8 Å². The lowest BCUT2D eigenvalue weighted by molar-refractivity contribution is -0.120. The molecule has 0 radical (unpaired) electrons.